The molecule has 0 bridgehead atoms. The molecule has 1 amide bonds. The van der Waals surface area contributed by atoms with Crippen molar-refractivity contribution < 1.29 is 9.32 Å². The van der Waals surface area contributed by atoms with E-state index in [4.69, 9.17) is 4.52 Å². The molecule has 25 heavy (non-hydrogen) atoms. The van der Waals surface area contributed by atoms with E-state index in [-0.39, 0.29) is 5.91 Å². The summed E-state index contributed by atoms with van der Waals surface area (Å²) in [7, 11) is 0. The van der Waals surface area contributed by atoms with Crippen LogP contribution in [-0.2, 0) is 19.5 Å². The van der Waals surface area contributed by atoms with Crippen LogP contribution < -0.4 is 0 Å². The quantitative estimate of drug-likeness (QED) is 0.841. The van der Waals surface area contributed by atoms with Crippen LogP contribution in [0.3, 0.4) is 0 Å². The highest BCUT2D eigenvalue weighted by Gasteiger charge is 2.31. The number of aromatic nitrogens is 1. The monoisotopic (exact) mass is 359 g/mol. The fraction of sp³-hybridized carbons (Fsp3) is 0.579. The number of nitrogens with zero attached hydrogens (tertiary/aromatic N) is 3. The second kappa shape index (κ2) is 6.57. The van der Waals surface area contributed by atoms with E-state index in [1.165, 1.54) is 16.0 Å². The van der Waals surface area contributed by atoms with Crippen molar-refractivity contribution in [2.24, 2.45) is 0 Å². The predicted octanol–water partition coefficient (Wildman–Crippen LogP) is 3.54. The van der Waals surface area contributed by atoms with Crippen molar-refractivity contribution in [3.05, 3.63) is 38.4 Å². The molecule has 0 aromatic carbocycles. The standard InChI is InChI=1S/C19H25N3O2S/c1-12-5-4-7-22(12)19(23)17-11-25-18-10-21(8-6-15(17)18)9-16-13(2)20-24-14(16)3/h11-12H,4-10H2,1-3H3/t12-/m0/s1. The van der Waals surface area contributed by atoms with Gasteiger partial charge in [-0.3, -0.25) is 9.69 Å². The van der Waals surface area contributed by atoms with Crippen LogP contribution >= 0.6 is 11.3 Å². The van der Waals surface area contributed by atoms with Gasteiger partial charge in [0.2, 0.25) is 0 Å². The molecular weight excluding hydrogens is 334 g/mol. The van der Waals surface area contributed by atoms with Gasteiger partial charge in [0.15, 0.2) is 0 Å². The highest BCUT2D eigenvalue weighted by atomic mass is 32.1. The van der Waals surface area contributed by atoms with Crippen molar-refractivity contribution in [1.29, 1.82) is 0 Å². The van der Waals surface area contributed by atoms with E-state index in [1.807, 2.05) is 13.8 Å². The topological polar surface area (TPSA) is 49.6 Å². The van der Waals surface area contributed by atoms with Gasteiger partial charge in [-0.15, -0.1) is 11.3 Å². The summed E-state index contributed by atoms with van der Waals surface area (Å²) in [6.07, 6.45) is 3.21. The molecule has 0 unspecified atom stereocenters. The van der Waals surface area contributed by atoms with Crippen LogP contribution in [0.25, 0.3) is 0 Å². The Hall–Kier alpha value is -1.66. The Morgan fingerprint density at radius 1 is 1.40 bits per heavy atom. The normalized spacial score (nSPS) is 20.9. The number of likely N-dealkylation sites (tertiary alicyclic amines) is 1. The third kappa shape index (κ3) is 3.02. The van der Waals surface area contributed by atoms with Crippen LogP contribution in [-0.4, -0.2) is 40.0 Å². The number of hydrogen-bond acceptors (Lipinski definition) is 5. The largest absolute Gasteiger partial charge is 0.361 e. The van der Waals surface area contributed by atoms with Crippen molar-refractivity contribution in [3.63, 3.8) is 0 Å². The van der Waals surface area contributed by atoms with Gasteiger partial charge in [0.05, 0.1) is 11.3 Å². The first kappa shape index (κ1) is 16.8. The molecule has 2 aliphatic heterocycles. The fourth-order valence-corrected chi connectivity index (χ4v) is 5.15. The summed E-state index contributed by atoms with van der Waals surface area (Å²) in [4.78, 5) is 18.7. The van der Waals surface area contributed by atoms with Crippen molar-refractivity contribution in [1.82, 2.24) is 15.0 Å². The molecule has 2 aromatic rings. The van der Waals surface area contributed by atoms with Crippen molar-refractivity contribution in [3.8, 4) is 0 Å². The summed E-state index contributed by atoms with van der Waals surface area (Å²) in [6.45, 7) is 9.80. The summed E-state index contributed by atoms with van der Waals surface area (Å²) in [6, 6.07) is 0.377. The van der Waals surface area contributed by atoms with Gasteiger partial charge in [0, 0.05) is 48.0 Å². The Morgan fingerprint density at radius 2 is 2.24 bits per heavy atom. The Bertz CT molecular complexity index is 775. The first-order chi connectivity index (χ1) is 12.0. The summed E-state index contributed by atoms with van der Waals surface area (Å²) in [5.74, 6) is 1.15. The number of rotatable bonds is 3. The van der Waals surface area contributed by atoms with E-state index in [2.05, 4.69) is 27.3 Å². The minimum atomic E-state index is 0.238. The maximum absolute atomic E-state index is 12.9. The lowest BCUT2D eigenvalue weighted by molar-refractivity contribution is 0.0746. The molecule has 1 fully saturated rings. The molecular formula is C19H25N3O2S. The Kier molecular flexibility index (Phi) is 4.41. The molecule has 4 rings (SSSR count). The van der Waals surface area contributed by atoms with Crippen molar-refractivity contribution >= 4 is 17.2 Å². The lowest BCUT2D eigenvalue weighted by Crippen LogP contribution is -2.35. The maximum atomic E-state index is 12.9. The molecule has 0 spiro atoms. The second-order valence-corrected chi connectivity index (χ2v) is 8.27. The Morgan fingerprint density at radius 3 is 2.92 bits per heavy atom. The van der Waals surface area contributed by atoms with Crippen molar-refractivity contribution in [2.45, 2.75) is 59.2 Å². The van der Waals surface area contributed by atoms with Crippen molar-refractivity contribution in [2.75, 3.05) is 13.1 Å². The van der Waals surface area contributed by atoms with E-state index in [9.17, 15) is 4.79 Å². The molecule has 2 aromatic heterocycles. The smallest absolute Gasteiger partial charge is 0.255 e. The Labute approximate surface area is 152 Å². The number of thiophene rings is 1. The highest BCUT2D eigenvalue weighted by molar-refractivity contribution is 7.10. The number of amides is 1. The van der Waals surface area contributed by atoms with Gasteiger partial charge in [-0.05, 0) is 45.6 Å². The number of carbonyl (C=O) groups excluding carboxylic acids is 1. The molecule has 0 radical (unpaired) electrons. The lowest BCUT2D eigenvalue weighted by Gasteiger charge is -2.28. The number of hydrogen-bond donors (Lipinski definition) is 0. The van der Waals surface area contributed by atoms with E-state index in [1.54, 1.807) is 11.3 Å². The van der Waals surface area contributed by atoms with Gasteiger partial charge in [-0.1, -0.05) is 5.16 Å². The van der Waals surface area contributed by atoms with Gasteiger partial charge in [0.25, 0.3) is 5.91 Å². The molecule has 0 aliphatic carbocycles. The van der Waals surface area contributed by atoms with Gasteiger partial charge >= 0.3 is 0 Å². The van der Waals surface area contributed by atoms with E-state index < -0.39 is 0 Å². The molecule has 0 N–H and O–H groups in total. The van der Waals surface area contributed by atoms with E-state index >= 15 is 0 Å². The minimum absolute atomic E-state index is 0.238. The van der Waals surface area contributed by atoms with Gasteiger partial charge in [-0.2, -0.15) is 0 Å². The lowest BCUT2D eigenvalue weighted by atomic mass is 10.0. The molecule has 0 saturated carbocycles. The molecule has 2 aliphatic rings. The van der Waals surface area contributed by atoms with Gasteiger partial charge in [-0.25, -0.2) is 0 Å². The average molecular weight is 359 g/mol. The zero-order valence-corrected chi connectivity index (χ0v) is 16.0. The van der Waals surface area contributed by atoms with Crippen LogP contribution in [0.5, 0.6) is 0 Å². The zero-order chi connectivity index (χ0) is 17.6. The summed E-state index contributed by atoms with van der Waals surface area (Å²) >= 11 is 1.74. The Balaban J connectivity index is 1.50. The second-order valence-electron chi connectivity index (χ2n) is 7.30. The summed E-state index contributed by atoms with van der Waals surface area (Å²) in [5, 5.41) is 6.14. The van der Waals surface area contributed by atoms with Gasteiger partial charge < -0.3 is 9.42 Å². The number of carbonyl (C=O) groups is 1. The summed E-state index contributed by atoms with van der Waals surface area (Å²) in [5.41, 5.74) is 4.41. The van der Waals surface area contributed by atoms with Crippen LogP contribution in [0.4, 0.5) is 0 Å². The van der Waals surface area contributed by atoms with Crippen LogP contribution in [0.15, 0.2) is 9.90 Å². The SMILES string of the molecule is Cc1noc(C)c1CN1CCc2c(C(=O)N3CCC[C@@H]3C)csc2C1. The molecule has 4 heterocycles. The predicted molar refractivity (Wildman–Crippen MR) is 97.8 cm³/mol. The maximum Gasteiger partial charge on any atom is 0.255 e. The first-order valence-corrected chi connectivity index (χ1v) is 9.97. The highest BCUT2D eigenvalue weighted by Crippen LogP contribution is 2.32. The van der Waals surface area contributed by atoms with E-state index in [0.29, 0.717) is 6.04 Å². The first-order valence-electron chi connectivity index (χ1n) is 9.09. The molecule has 134 valence electrons. The molecule has 1 atom stereocenters. The van der Waals surface area contributed by atoms with Crippen LogP contribution in [0.1, 0.15) is 57.6 Å². The van der Waals surface area contributed by atoms with Crippen LogP contribution in [0.2, 0.25) is 0 Å². The molecule has 1 saturated heterocycles. The molecule has 5 nitrogen and oxygen atoms in total. The van der Waals surface area contributed by atoms with Crippen LogP contribution in [0, 0.1) is 13.8 Å². The average Bonchev–Trinajstić information content (AvgIpc) is 3.29. The summed E-state index contributed by atoms with van der Waals surface area (Å²) < 4.78 is 5.28. The van der Waals surface area contributed by atoms with Gasteiger partial charge in [0.1, 0.15) is 5.76 Å². The third-order valence-electron chi connectivity index (χ3n) is 5.63. The number of aryl methyl sites for hydroxylation is 2. The third-order valence-corrected chi connectivity index (χ3v) is 6.65. The van der Waals surface area contributed by atoms with E-state index in [0.717, 1.165) is 62.5 Å². The fourth-order valence-electron chi connectivity index (χ4n) is 4.04. The minimum Gasteiger partial charge on any atom is -0.361 e. The number of fused-ring (bicyclic) bond motifs is 1. The zero-order valence-electron chi connectivity index (χ0n) is 15.2. The molecule has 6 heteroatoms.